The van der Waals surface area contributed by atoms with Crippen LogP contribution >= 0.6 is 23.4 Å². The topological polar surface area (TPSA) is 77.4 Å². The third kappa shape index (κ3) is 6.76. The fraction of sp³-hybridized carbons (Fsp3) is 0.207. The molecule has 1 saturated heterocycles. The number of amidine groups is 1. The highest BCUT2D eigenvalue weighted by molar-refractivity contribution is 8.18. The molecule has 0 aromatic heterocycles. The predicted molar refractivity (Wildman–Crippen MR) is 151 cm³/mol. The fourth-order valence-corrected chi connectivity index (χ4v) is 4.69. The van der Waals surface area contributed by atoms with E-state index in [1.807, 2.05) is 49.4 Å². The monoisotopic (exact) mass is 550 g/mol. The third-order valence-corrected chi connectivity index (χ3v) is 6.77. The van der Waals surface area contributed by atoms with E-state index in [1.54, 1.807) is 44.3 Å². The summed E-state index contributed by atoms with van der Waals surface area (Å²) in [6, 6.07) is 19.8. The minimum absolute atomic E-state index is 0.170. The molecule has 0 N–H and O–H groups in total. The number of aliphatic imine (C=N–C) groups is 1. The largest absolute Gasteiger partial charge is 0.490 e. The highest BCUT2D eigenvalue weighted by Gasteiger charge is 2.30. The summed E-state index contributed by atoms with van der Waals surface area (Å²) in [5.41, 5.74) is 2.74. The average Bonchev–Trinajstić information content (AvgIpc) is 3.17. The lowest BCUT2D eigenvalue weighted by Gasteiger charge is -2.13. The van der Waals surface area contributed by atoms with Gasteiger partial charge in [0, 0.05) is 12.1 Å². The van der Waals surface area contributed by atoms with Crippen LogP contribution in [0.3, 0.4) is 0 Å². The Morgan fingerprint density at radius 1 is 1.00 bits per heavy atom. The van der Waals surface area contributed by atoms with Gasteiger partial charge in [0.25, 0.3) is 5.91 Å². The molecule has 0 bridgehead atoms. The molecule has 0 unspecified atom stereocenters. The number of hydrogen-bond acceptors (Lipinski definition) is 7. The summed E-state index contributed by atoms with van der Waals surface area (Å²) in [5.74, 6) is 0.611. The Balaban J connectivity index is 1.53. The number of hydrogen-bond donors (Lipinski definition) is 0. The highest BCUT2D eigenvalue weighted by atomic mass is 35.5. The van der Waals surface area contributed by atoms with E-state index in [4.69, 9.17) is 25.8 Å². The molecule has 38 heavy (non-hydrogen) atoms. The number of amides is 1. The van der Waals surface area contributed by atoms with Gasteiger partial charge in [0.1, 0.15) is 6.61 Å². The Kier molecular flexibility index (Phi) is 9.10. The van der Waals surface area contributed by atoms with Crippen molar-refractivity contribution in [1.82, 2.24) is 4.90 Å². The maximum Gasteiger partial charge on any atom is 0.338 e. The van der Waals surface area contributed by atoms with Crippen molar-refractivity contribution < 1.29 is 23.8 Å². The first-order chi connectivity index (χ1) is 18.4. The van der Waals surface area contributed by atoms with Crippen molar-refractivity contribution in [1.29, 1.82) is 0 Å². The van der Waals surface area contributed by atoms with Crippen LogP contribution in [0.5, 0.6) is 11.5 Å². The maximum atomic E-state index is 12.9. The van der Waals surface area contributed by atoms with Crippen molar-refractivity contribution in [2.24, 2.45) is 4.99 Å². The molecule has 3 aromatic carbocycles. The van der Waals surface area contributed by atoms with E-state index in [0.29, 0.717) is 57.7 Å². The molecule has 1 fully saturated rings. The van der Waals surface area contributed by atoms with Gasteiger partial charge in [-0.1, -0.05) is 35.9 Å². The van der Waals surface area contributed by atoms with E-state index in [1.165, 1.54) is 16.7 Å². The summed E-state index contributed by atoms with van der Waals surface area (Å²) in [5, 5.41) is 1.18. The van der Waals surface area contributed by atoms with E-state index < -0.39 is 5.97 Å². The maximum absolute atomic E-state index is 12.9. The minimum atomic E-state index is -0.413. The van der Waals surface area contributed by atoms with Crippen LogP contribution in [0.15, 0.2) is 76.6 Å². The summed E-state index contributed by atoms with van der Waals surface area (Å²) in [6.45, 7) is 4.78. The van der Waals surface area contributed by atoms with Gasteiger partial charge >= 0.3 is 5.97 Å². The quantitative estimate of drug-likeness (QED) is 0.217. The van der Waals surface area contributed by atoms with Crippen LogP contribution in [0, 0.1) is 0 Å². The van der Waals surface area contributed by atoms with Gasteiger partial charge in [0.05, 0.1) is 29.4 Å². The normalized spacial score (nSPS) is 15.3. The van der Waals surface area contributed by atoms with Gasteiger partial charge in [0.2, 0.25) is 0 Å². The first kappa shape index (κ1) is 27.3. The van der Waals surface area contributed by atoms with Crippen LogP contribution < -0.4 is 9.47 Å². The second kappa shape index (κ2) is 12.7. The zero-order valence-electron chi connectivity index (χ0n) is 21.3. The minimum Gasteiger partial charge on any atom is -0.490 e. The smallest absolute Gasteiger partial charge is 0.338 e. The zero-order chi connectivity index (χ0) is 27.1. The van der Waals surface area contributed by atoms with Gasteiger partial charge in [-0.25, -0.2) is 9.79 Å². The van der Waals surface area contributed by atoms with Gasteiger partial charge in [-0.2, -0.15) is 0 Å². The zero-order valence-corrected chi connectivity index (χ0v) is 22.8. The summed E-state index contributed by atoms with van der Waals surface area (Å²) < 4.78 is 16.9. The molecule has 3 aromatic rings. The molecular weight excluding hydrogens is 524 g/mol. The predicted octanol–water partition coefficient (Wildman–Crippen LogP) is 6.73. The fourth-order valence-electron chi connectivity index (χ4n) is 3.57. The van der Waals surface area contributed by atoms with Gasteiger partial charge in [-0.3, -0.25) is 9.69 Å². The second-order valence-corrected chi connectivity index (χ2v) is 9.64. The Bertz CT molecular complexity index is 1390. The van der Waals surface area contributed by atoms with E-state index >= 15 is 0 Å². The van der Waals surface area contributed by atoms with Gasteiger partial charge in [0.15, 0.2) is 16.7 Å². The van der Waals surface area contributed by atoms with E-state index in [0.717, 1.165) is 11.1 Å². The second-order valence-electron chi connectivity index (χ2n) is 8.19. The van der Waals surface area contributed by atoms with Crippen molar-refractivity contribution in [3.05, 3.63) is 93.3 Å². The number of benzene rings is 3. The number of rotatable bonds is 9. The van der Waals surface area contributed by atoms with E-state index in [2.05, 4.69) is 4.99 Å². The van der Waals surface area contributed by atoms with Crippen molar-refractivity contribution >= 4 is 52.2 Å². The number of ether oxygens (including phenoxy) is 3. The summed E-state index contributed by atoms with van der Waals surface area (Å²) in [7, 11) is 1.67. The molecule has 1 amide bonds. The van der Waals surface area contributed by atoms with E-state index in [9.17, 15) is 9.59 Å². The molecule has 0 saturated carbocycles. The molecule has 4 rings (SSSR count). The van der Waals surface area contributed by atoms with Gasteiger partial charge in [-0.15, -0.1) is 0 Å². The standard InChI is InChI=1S/C29H27ClN2O5S/c1-4-35-25-15-20(11-14-24(25)37-18-19-9-12-22(30)13-10-19)16-26-27(33)32(3)29(38-26)31-23-8-6-7-21(17-23)28(34)36-5-2/h6-17H,4-5,18H2,1-3H3. The molecule has 1 aliphatic rings. The van der Waals surface area contributed by atoms with Crippen molar-refractivity contribution in [3.63, 3.8) is 0 Å². The number of carbonyl (C=O) groups is 2. The first-order valence-electron chi connectivity index (χ1n) is 12.1. The molecule has 1 aliphatic heterocycles. The van der Waals surface area contributed by atoms with Crippen LogP contribution in [-0.4, -0.2) is 42.2 Å². The van der Waals surface area contributed by atoms with Crippen molar-refractivity contribution in [2.75, 3.05) is 20.3 Å². The number of esters is 1. The lowest BCUT2D eigenvalue weighted by atomic mass is 10.1. The number of carbonyl (C=O) groups excluding carboxylic acids is 2. The summed E-state index contributed by atoms with van der Waals surface area (Å²) in [4.78, 5) is 31.6. The Morgan fingerprint density at radius 3 is 2.53 bits per heavy atom. The van der Waals surface area contributed by atoms with Crippen molar-refractivity contribution in [2.45, 2.75) is 20.5 Å². The molecule has 0 spiro atoms. The summed E-state index contributed by atoms with van der Waals surface area (Å²) in [6.07, 6.45) is 1.80. The van der Waals surface area contributed by atoms with Crippen LogP contribution in [0.25, 0.3) is 6.08 Å². The molecule has 0 atom stereocenters. The molecule has 9 heteroatoms. The molecule has 196 valence electrons. The summed E-state index contributed by atoms with van der Waals surface area (Å²) >= 11 is 7.22. The van der Waals surface area contributed by atoms with E-state index in [-0.39, 0.29) is 5.91 Å². The van der Waals surface area contributed by atoms with Crippen molar-refractivity contribution in [3.8, 4) is 11.5 Å². The van der Waals surface area contributed by atoms with Crippen LogP contribution in [-0.2, 0) is 16.1 Å². The van der Waals surface area contributed by atoms with Gasteiger partial charge in [-0.05, 0) is 85.3 Å². The lowest BCUT2D eigenvalue weighted by molar-refractivity contribution is -0.121. The number of likely N-dealkylation sites (N-methyl/N-ethyl adjacent to an activating group) is 1. The molecule has 0 radical (unpaired) electrons. The number of nitrogens with zero attached hydrogens (tertiary/aromatic N) is 2. The number of halogens is 1. The lowest BCUT2D eigenvalue weighted by Crippen LogP contribution is -2.23. The Hall–Kier alpha value is -3.75. The van der Waals surface area contributed by atoms with Crippen LogP contribution in [0.4, 0.5) is 5.69 Å². The molecule has 0 aliphatic carbocycles. The first-order valence-corrected chi connectivity index (χ1v) is 13.2. The van der Waals surface area contributed by atoms with Crippen LogP contribution in [0.1, 0.15) is 35.3 Å². The number of thioether (sulfide) groups is 1. The molecular formula is C29H27ClN2O5S. The highest BCUT2D eigenvalue weighted by Crippen LogP contribution is 2.35. The Morgan fingerprint density at radius 2 is 1.79 bits per heavy atom. The average molecular weight is 551 g/mol. The molecule has 1 heterocycles. The molecule has 7 nitrogen and oxygen atoms in total. The van der Waals surface area contributed by atoms with Crippen LogP contribution in [0.2, 0.25) is 5.02 Å². The Labute approximate surface area is 231 Å². The SMILES string of the molecule is CCOC(=O)c1cccc(N=C2SC(=Cc3ccc(OCc4ccc(Cl)cc4)c(OCC)c3)C(=O)N2C)c1. The van der Waals surface area contributed by atoms with Gasteiger partial charge < -0.3 is 14.2 Å². The third-order valence-electron chi connectivity index (χ3n) is 5.46.